The van der Waals surface area contributed by atoms with E-state index in [0.717, 1.165) is 6.33 Å². The van der Waals surface area contributed by atoms with Crippen molar-refractivity contribution in [3.05, 3.63) is 47.1 Å². The SMILES string of the molecule is C#CC1(F)C(O)[C@@H](CO[P@](=O)(Oc2ccccc2)O[C@@H](C)C(=O)OC(C)C)O[C@H]1n1cnc(N)nc1=O. The zero-order valence-electron chi connectivity index (χ0n) is 20.1. The summed E-state index contributed by atoms with van der Waals surface area (Å²) in [6.45, 7) is 3.71. The van der Waals surface area contributed by atoms with Gasteiger partial charge < -0.3 is 24.8 Å². The van der Waals surface area contributed by atoms with E-state index in [0.29, 0.717) is 4.57 Å². The van der Waals surface area contributed by atoms with E-state index in [1.165, 1.54) is 19.1 Å². The number of esters is 1. The minimum atomic E-state index is -4.61. The molecule has 1 saturated heterocycles. The first-order valence-electron chi connectivity index (χ1n) is 11.0. The molecule has 2 unspecified atom stereocenters. The van der Waals surface area contributed by atoms with E-state index in [1.807, 2.05) is 0 Å². The van der Waals surface area contributed by atoms with E-state index in [9.17, 15) is 19.3 Å². The highest BCUT2D eigenvalue weighted by atomic mass is 31.2. The van der Waals surface area contributed by atoms with E-state index in [4.69, 9.17) is 35.2 Å². The van der Waals surface area contributed by atoms with Crippen molar-refractivity contribution in [2.75, 3.05) is 12.3 Å². The maximum atomic E-state index is 15.6. The molecule has 1 aliphatic rings. The van der Waals surface area contributed by atoms with Gasteiger partial charge in [0.25, 0.3) is 0 Å². The van der Waals surface area contributed by atoms with Gasteiger partial charge >= 0.3 is 19.5 Å². The highest BCUT2D eigenvalue weighted by molar-refractivity contribution is 7.49. The smallest absolute Gasteiger partial charge is 0.461 e. The van der Waals surface area contributed by atoms with Crippen LogP contribution in [0.4, 0.5) is 10.3 Å². The van der Waals surface area contributed by atoms with Crippen LogP contribution in [0.2, 0.25) is 0 Å². The van der Waals surface area contributed by atoms with E-state index in [1.54, 1.807) is 38.0 Å². The molecule has 0 radical (unpaired) electrons. The monoisotopic (exact) mass is 540 g/mol. The van der Waals surface area contributed by atoms with E-state index in [2.05, 4.69) is 9.97 Å². The number of phosphoric acid groups is 1. The van der Waals surface area contributed by atoms with Gasteiger partial charge in [0, 0.05) is 0 Å². The van der Waals surface area contributed by atoms with Crippen LogP contribution in [0.25, 0.3) is 0 Å². The Labute approximate surface area is 211 Å². The molecule has 1 aliphatic heterocycles. The molecule has 2 heterocycles. The number of nitrogens with zero attached hydrogens (tertiary/aromatic N) is 3. The Bertz CT molecular complexity index is 1250. The average molecular weight is 540 g/mol. The van der Waals surface area contributed by atoms with Gasteiger partial charge in [-0.05, 0) is 32.9 Å². The highest BCUT2D eigenvalue weighted by Crippen LogP contribution is 2.52. The first-order chi connectivity index (χ1) is 17.4. The molecule has 6 atom stereocenters. The molecule has 0 aliphatic carbocycles. The van der Waals surface area contributed by atoms with Crippen molar-refractivity contribution in [3.63, 3.8) is 0 Å². The number of terminal acetylenes is 1. The molecule has 1 fully saturated rings. The maximum Gasteiger partial charge on any atom is 0.530 e. The number of aromatic nitrogens is 3. The van der Waals surface area contributed by atoms with Crippen LogP contribution in [-0.2, 0) is 27.9 Å². The number of phosphoric ester groups is 1. The van der Waals surface area contributed by atoms with Crippen molar-refractivity contribution in [3.8, 4) is 18.1 Å². The summed E-state index contributed by atoms with van der Waals surface area (Å²) < 4.78 is 56.2. The molecular weight excluding hydrogens is 514 g/mol. The molecule has 13 nitrogen and oxygen atoms in total. The second-order valence-corrected chi connectivity index (χ2v) is 9.72. The van der Waals surface area contributed by atoms with Gasteiger partial charge in [-0.3, -0.25) is 13.6 Å². The third-order valence-electron chi connectivity index (χ3n) is 4.99. The fourth-order valence-corrected chi connectivity index (χ4v) is 4.58. The first-order valence-corrected chi connectivity index (χ1v) is 12.4. The van der Waals surface area contributed by atoms with Gasteiger partial charge in [0.2, 0.25) is 11.6 Å². The Kier molecular flexibility index (Phi) is 8.68. The van der Waals surface area contributed by atoms with Gasteiger partial charge in [-0.1, -0.05) is 24.1 Å². The number of ether oxygens (including phenoxy) is 2. The lowest BCUT2D eigenvalue weighted by Gasteiger charge is -2.24. The number of hydrogen-bond donors (Lipinski definition) is 2. The molecule has 1 aromatic heterocycles. The molecule has 15 heteroatoms. The number of para-hydroxylation sites is 1. The number of aliphatic hydroxyl groups excluding tert-OH is 1. The van der Waals surface area contributed by atoms with E-state index < -0.39 is 62.4 Å². The van der Waals surface area contributed by atoms with Crippen molar-refractivity contribution in [2.45, 2.75) is 57.1 Å². The lowest BCUT2D eigenvalue weighted by molar-refractivity contribution is -0.156. The predicted molar refractivity (Wildman–Crippen MR) is 126 cm³/mol. The van der Waals surface area contributed by atoms with Crippen molar-refractivity contribution in [2.24, 2.45) is 0 Å². The summed E-state index contributed by atoms with van der Waals surface area (Å²) in [4.78, 5) is 31.4. The molecule has 0 saturated carbocycles. The third-order valence-corrected chi connectivity index (χ3v) is 6.47. The van der Waals surface area contributed by atoms with Crippen molar-refractivity contribution in [1.29, 1.82) is 0 Å². The quantitative estimate of drug-likeness (QED) is 0.252. The number of hydrogen-bond acceptors (Lipinski definition) is 12. The van der Waals surface area contributed by atoms with Crippen molar-refractivity contribution < 1.29 is 41.9 Å². The molecule has 200 valence electrons. The number of carbonyl (C=O) groups excluding carboxylic acids is 1. The largest absolute Gasteiger partial charge is 0.530 e. The minimum Gasteiger partial charge on any atom is -0.461 e. The van der Waals surface area contributed by atoms with Crippen LogP contribution < -0.4 is 15.9 Å². The number of carbonyl (C=O) groups is 1. The molecule has 0 amide bonds. The molecule has 37 heavy (non-hydrogen) atoms. The summed E-state index contributed by atoms with van der Waals surface area (Å²) >= 11 is 0. The zero-order valence-corrected chi connectivity index (χ0v) is 21.0. The van der Waals surface area contributed by atoms with Crippen LogP contribution in [0.5, 0.6) is 5.75 Å². The van der Waals surface area contributed by atoms with Crippen molar-refractivity contribution in [1.82, 2.24) is 14.5 Å². The maximum absolute atomic E-state index is 15.6. The van der Waals surface area contributed by atoms with Gasteiger partial charge in [-0.15, -0.1) is 6.42 Å². The first kappa shape index (κ1) is 28.2. The van der Waals surface area contributed by atoms with Gasteiger partial charge in [0.1, 0.15) is 24.3 Å². The topological polar surface area (TPSA) is 174 Å². The molecule has 3 rings (SSSR count). The average Bonchev–Trinajstić information content (AvgIpc) is 3.08. The number of alkyl halides is 1. The summed E-state index contributed by atoms with van der Waals surface area (Å²) in [6, 6.07) is 7.74. The lowest BCUT2D eigenvalue weighted by Crippen LogP contribution is -2.44. The molecule has 2 aromatic rings. The second-order valence-electron chi connectivity index (χ2n) is 8.17. The number of halogens is 1. The Hall–Kier alpha value is -3.34. The number of aliphatic hydroxyl groups is 1. The van der Waals surface area contributed by atoms with E-state index >= 15 is 4.39 Å². The van der Waals surface area contributed by atoms with Crippen LogP contribution in [0.3, 0.4) is 0 Å². The third kappa shape index (κ3) is 6.51. The Morgan fingerprint density at radius 3 is 2.65 bits per heavy atom. The number of nitrogen functional groups attached to an aromatic ring is 1. The normalized spacial score (nSPS) is 25.7. The molecule has 0 spiro atoms. The van der Waals surface area contributed by atoms with Crippen LogP contribution in [0.1, 0.15) is 27.0 Å². The van der Waals surface area contributed by atoms with Gasteiger partial charge in [-0.2, -0.15) is 4.98 Å². The molecule has 1 aromatic carbocycles. The summed E-state index contributed by atoms with van der Waals surface area (Å²) in [5.41, 5.74) is 1.38. The molecular formula is C22H26FN4O9P. The summed E-state index contributed by atoms with van der Waals surface area (Å²) in [5.74, 6) is 0.630. The Morgan fingerprint density at radius 2 is 2.05 bits per heavy atom. The highest BCUT2D eigenvalue weighted by Gasteiger charge is 2.58. The summed E-state index contributed by atoms with van der Waals surface area (Å²) in [7, 11) is -4.61. The van der Waals surface area contributed by atoms with Crippen molar-refractivity contribution >= 4 is 19.7 Å². The number of nitrogens with two attached hydrogens (primary N) is 1. The van der Waals surface area contributed by atoms with E-state index in [-0.39, 0.29) is 11.7 Å². The lowest BCUT2D eigenvalue weighted by atomic mass is 9.97. The van der Waals surface area contributed by atoms with Crippen LogP contribution in [-0.4, -0.2) is 62.3 Å². The standard InChI is InChI=1S/C22H26FN4O9P/c1-5-22(23)17(28)16(34-19(22)27-12-25-20(24)26-21(27)30)11-32-37(31,36-15-9-7-6-8-10-15)35-14(4)18(29)33-13(2)3/h1,6-10,12-14,16-17,19,28H,11H2,2-4H3,(H2,24,26,30)/t14-,16+,17?,19+,22?,37-/m0/s1. The van der Waals surface area contributed by atoms with Crippen LogP contribution in [0.15, 0.2) is 41.5 Å². The molecule has 0 bridgehead atoms. The zero-order chi connectivity index (χ0) is 27.4. The number of anilines is 1. The van der Waals surface area contributed by atoms with Gasteiger partial charge in [0.15, 0.2) is 12.3 Å². The Balaban J connectivity index is 1.83. The van der Waals surface area contributed by atoms with Crippen LogP contribution >= 0.6 is 7.82 Å². The molecule has 3 N–H and O–H groups in total. The van der Waals surface area contributed by atoms with Crippen LogP contribution in [0, 0.1) is 12.3 Å². The fraction of sp³-hybridized carbons (Fsp3) is 0.455. The summed E-state index contributed by atoms with van der Waals surface area (Å²) in [5, 5.41) is 10.6. The number of rotatable bonds is 10. The minimum absolute atomic E-state index is 0.0649. The Morgan fingerprint density at radius 1 is 1.38 bits per heavy atom. The van der Waals surface area contributed by atoms with Gasteiger partial charge in [-0.25, -0.2) is 23.5 Å². The second kappa shape index (κ2) is 11.4. The number of benzene rings is 1. The summed E-state index contributed by atoms with van der Waals surface area (Å²) in [6.07, 6.45) is -1.20. The fourth-order valence-electron chi connectivity index (χ4n) is 3.25. The predicted octanol–water partition coefficient (Wildman–Crippen LogP) is 1.38. The van der Waals surface area contributed by atoms with Gasteiger partial charge in [0.05, 0.1) is 12.7 Å².